The van der Waals surface area contributed by atoms with E-state index < -0.39 is 0 Å². The van der Waals surface area contributed by atoms with E-state index in [4.69, 9.17) is 0 Å². The van der Waals surface area contributed by atoms with Crippen molar-refractivity contribution >= 4 is 6.08 Å². The molecule has 0 saturated carbocycles. The van der Waals surface area contributed by atoms with Crippen LogP contribution >= 0.6 is 0 Å². The van der Waals surface area contributed by atoms with Gasteiger partial charge in [-0.2, -0.15) is 5.10 Å². The van der Waals surface area contributed by atoms with Crippen LogP contribution in [-0.4, -0.2) is 20.2 Å². The van der Waals surface area contributed by atoms with Gasteiger partial charge in [-0.05, 0) is 11.1 Å². The molecule has 4 aromatic rings. The molecule has 4 heteroatoms. The number of hydrogen-bond donors (Lipinski definition) is 2. The van der Waals surface area contributed by atoms with Crippen molar-refractivity contribution in [1.29, 1.82) is 0 Å². The second kappa shape index (κ2) is 5.85. The zero-order chi connectivity index (χ0) is 17.4. The van der Waals surface area contributed by atoms with E-state index in [2.05, 4.69) is 93.0 Å². The molecule has 0 bridgehead atoms. The van der Waals surface area contributed by atoms with Crippen molar-refractivity contribution in [3.05, 3.63) is 102 Å². The summed E-state index contributed by atoms with van der Waals surface area (Å²) < 4.78 is 0. The van der Waals surface area contributed by atoms with Crippen LogP contribution in [0.15, 0.2) is 79.3 Å². The number of aromatic amines is 2. The Bertz CT molecular complexity index is 1000. The minimum atomic E-state index is -0.201. The molecule has 2 aromatic carbocycles. The highest BCUT2D eigenvalue weighted by Gasteiger charge is 2.36. The molecule has 2 heterocycles. The Morgan fingerprint density at radius 2 is 1.58 bits per heavy atom. The molecular weight excluding hydrogens is 320 g/mol. The molecule has 4 nitrogen and oxygen atoms in total. The SMILES string of the molecule is C1=CC(c2ccccc2)(c2ccccc2)Cc2[nH]nc(-c3cnc[nH]3)c21. The Balaban J connectivity index is 1.67. The van der Waals surface area contributed by atoms with Crippen LogP contribution < -0.4 is 0 Å². The maximum absolute atomic E-state index is 4.55. The first kappa shape index (κ1) is 14.9. The van der Waals surface area contributed by atoms with Crippen LogP contribution in [0.2, 0.25) is 0 Å². The number of nitrogens with one attached hydrogen (secondary N) is 2. The quantitative estimate of drug-likeness (QED) is 0.583. The summed E-state index contributed by atoms with van der Waals surface area (Å²) in [7, 11) is 0. The van der Waals surface area contributed by atoms with Gasteiger partial charge in [-0.3, -0.25) is 5.10 Å². The largest absolute Gasteiger partial charge is 0.343 e. The van der Waals surface area contributed by atoms with Crippen LogP contribution in [-0.2, 0) is 11.8 Å². The van der Waals surface area contributed by atoms with Crippen LogP contribution in [0.5, 0.6) is 0 Å². The summed E-state index contributed by atoms with van der Waals surface area (Å²) in [6.45, 7) is 0. The van der Waals surface area contributed by atoms with Crippen molar-refractivity contribution in [2.24, 2.45) is 0 Å². The molecular formula is C22H18N4. The Morgan fingerprint density at radius 1 is 0.885 bits per heavy atom. The number of aromatic nitrogens is 4. The van der Waals surface area contributed by atoms with Gasteiger partial charge in [0, 0.05) is 23.1 Å². The fraction of sp³-hybridized carbons (Fsp3) is 0.0909. The predicted octanol–water partition coefficient (Wildman–Crippen LogP) is 4.36. The number of nitrogens with zero attached hydrogens (tertiary/aromatic N) is 2. The number of imidazole rings is 1. The molecule has 0 atom stereocenters. The molecule has 26 heavy (non-hydrogen) atoms. The third kappa shape index (κ3) is 2.23. The van der Waals surface area contributed by atoms with Gasteiger partial charge in [0.1, 0.15) is 5.69 Å². The summed E-state index contributed by atoms with van der Waals surface area (Å²) in [5.74, 6) is 0. The van der Waals surface area contributed by atoms with Gasteiger partial charge in [0.05, 0.1) is 18.2 Å². The van der Waals surface area contributed by atoms with E-state index in [0.717, 1.165) is 29.1 Å². The minimum absolute atomic E-state index is 0.201. The van der Waals surface area contributed by atoms with Gasteiger partial charge in [0.2, 0.25) is 0 Å². The number of fused-ring (bicyclic) bond motifs is 1. The van der Waals surface area contributed by atoms with Crippen LogP contribution in [0.25, 0.3) is 17.5 Å². The second-order valence-electron chi connectivity index (χ2n) is 6.64. The summed E-state index contributed by atoms with van der Waals surface area (Å²) in [4.78, 5) is 7.26. The molecule has 2 aromatic heterocycles. The van der Waals surface area contributed by atoms with Crippen LogP contribution in [0.3, 0.4) is 0 Å². The number of rotatable bonds is 3. The number of H-pyrrole nitrogens is 2. The van der Waals surface area contributed by atoms with Crippen molar-refractivity contribution in [3.8, 4) is 11.4 Å². The van der Waals surface area contributed by atoms with Crippen molar-refractivity contribution in [3.63, 3.8) is 0 Å². The Labute approximate surface area is 151 Å². The first-order valence-corrected chi connectivity index (χ1v) is 8.73. The van der Waals surface area contributed by atoms with E-state index in [1.54, 1.807) is 12.5 Å². The maximum atomic E-state index is 4.55. The third-order valence-corrected chi connectivity index (χ3v) is 5.20. The maximum Gasteiger partial charge on any atom is 0.117 e. The average molecular weight is 338 g/mol. The van der Waals surface area contributed by atoms with Crippen LogP contribution in [0.4, 0.5) is 0 Å². The highest BCUT2D eigenvalue weighted by molar-refractivity contribution is 5.74. The molecule has 0 saturated heterocycles. The number of benzene rings is 2. The third-order valence-electron chi connectivity index (χ3n) is 5.20. The lowest BCUT2D eigenvalue weighted by atomic mass is 9.68. The molecule has 0 spiro atoms. The summed E-state index contributed by atoms with van der Waals surface area (Å²) in [5.41, 5.74) is 6.49. The van der Waals surface area contributed by atoms with Gasteiger partial charge in [-0.15, -0.1) is 0 Å². The molecule has 0 amide bonds. The Morgan fingerprint density at radius 3 is 2.19 bits per heavy atom. The van der Waals surface area contributed by atoms with Crippen molar-refractivity contribution in [1.82, 2.24) is 20.2 Å². The molecule has 0 unspecified atom stereocenters. The smallest absolute Gasteiger partial charge is 0.117 e. The van der Waals surface area contributed by atoms with E-state index in [9.17, 15) is 0 Å². The standard InChI is InChI=1S/C22H18N4/c1-3-7-16(8-4-1)22(17-9-5-2-6-10-17)12-11-18-19(13-22)25-26-21(18)20-14-23-15-24-20/h1-12,14-15H,13H2,(H,23,24)(H,25,26). The molecule has 2 N–H and O–H groups in total. The topological polar surface area (TPSA) is 57.4 Å². The predicted molar refractivity (Wildman–Crippen MR) is 103 cm³/mol. The Hall–Kier alpha value is -3.40. The van der Waals surface area contributed by atoms with E-state index >= 15 is 0 Å². The van der Waals surface area contributed by atoms with Crippen LogP contribution in [0.1, 0.15) is 22.4 Å². The highest BCUT2D eigenvalue weighted by Crippen LogP contribution is 2.42. The first-order valence-electron chi connectivity index (χ1n) is 8.73. The van der Waals surface area contributed by atoms with Crippen LogP contribution in [0, 0.1) is 0 Å². The van der Waals surface area contributed by atoms with Gasteiger partial charge in [-0.1, -0.05) is 72.8 Å². The van der Waals surface area contributed by atoms with E-state index in [1.807, 2.05) is 0 Å². The normalized spacial score (nSPS) is 14.9. The van der Waals surface area contributed by atoms with Crippen molar-refractivity contribution < 1.29 is 0 Å². The Kier molecular flexibility index (Phi) is 3.35. The second-order valence-corrected chi connectivity index (χ2v) is 6.64. The summed E-state index contributed by atoms with van der Waals surface area (Å²) in [5, 5.41) is 7.81. The fourth-order valence-corrected chi connectivity index (χ4v) is 3.89. The molecule has 1 aliphatic rings. The van der Waals surface area contributed by atoms with Crippen molar-refractivity contribution in [2.75, 3.05) is 0 Å². The van der Waals surface area contributed by atoms with Crippen molar-refractivity contribution in [2.45, 2.75) is 11.8 Å². The molecule has 0 aliphatic heterocycles. The van der Waals surface area contributed by atoms with Gasteiger partial charge in [-0.25, -0.2) is 4.98 Å². The molecule has 126 valence electrons. The molecule has 0 radical (unpaired) electrons. The van der Waals surface area contributed by atoms with E-state index in [-0.39, 0.29) is 5.41 Å². The minimum Gasteiger partial charge on any atom is -0.343 e. The summed E-state index contributed by atoms with van der Waals surface area (Å²) in [6.07, 6.45) is 8.84. The van der Waals surface area contributed by atoms with Gasteiger partial charge < -0.3 is 4.98 Å². The molecule has 0 fully saturated rings. The monoisotopic (exact) mass is 338 g/mol. The van der Waals surface area contributed by atoms with E-state index in [0.29, 0.717) is 0 Å². The molecule has 5 rings (SSSR count). The zero-order valence-electron chi connectivity index (χ0n) is 14.2. The van der Waals surface area contributed by atoms with E-state index in [1.165, 1.54) is 11.1 Å². The fourth-order valence-electron chi connectivity index (χ4n) is 3.89. The lowest BCUT2D eigenvalue weighted by molar-refractivity contribution is 0.620. The zero-order valence-corrected chi connectivity index (χ0v) is 14.2. The summed E-state index contributed by atoms with van der Waals surface area (Å²) >= 11 is 0. The lowest BCUT2D eigenvalue weighted by Crippen LogP contribution is -2.30. The summed E-state index contributed by atoms with van der Waals surface area (Å²) in [6, 6.07) is 21.4. The number of hydrogen-bond acceptors (Lipinski definition) is 2. The first-order chi connectivity index (χ1) is 12.9. The van der Waals surface area contributed by atoms with Gasteiger partial charge >= 0.3 is 0 Å². The average Bonchev–Trinajstić information content (AvgIpc) is 3.38. The number of allylic oxidation sites excluding steroid dienone is 1. The highest BCUT2D eigenvalue weighted by atomic mass is 15.1. The molecule has 1 aliphatic carbocycles. The van der Waals surface area contributed by atoms with Gasteiger partial charge in [0.25, 0.3) is 0 Å². The lowest BCUT2D eigenvalue weighted by Gasteiger charge is -2.34. The van der Waals surface area contributed by atoms with Gasteiger partial charge in [0.15, 0.2) is 0 Å².